The molecule has 0 aliphatic heterocycles. The number of hydrogen-bond donors (Lipinski definition) is 2. The van der Waals surface area contributed by atoms with E-state index in [1.807, 2.05) is 0 Å². The summed E-state index contributed by atoms with van der Waals surface area (Å²) in [5.74, 6) is 0.228. The van der Waals surface area contributed by atoms with E-state index < -0.39 is 16.1 Å². The van der Waals surface area contributed by atoms with Gasteiger partial charge in [-0.15, -0.1) is 0 Å². The van der Waals surface area contributed by atoms with Crippen LogP contribution in [0.2, 0.25) is 0 Å². The van der Waals surface area contributed by atoms with Crippen molar-refractivity contribution in [2.75, 3.05) is 18.2 Å². The quantitative estimate of drug-likeness (QED) is 0.346. The number of anilines is 2. The number of nitrogens with zero attached hydrogens (tertiary/aromatic N) is 3. The number of nitrogens with one attached hydrogen (secondary N) is 1. The number of aryl methyl sites for hydroxylation is 1. The van der Waals surface area contributed by atoms with Crippen molar-refractivity contribution in [2.45, 2.75) is 24.3 Å². The molecule has 0 aliphatic rings. The Labute approximate surface area is 148 Å². The number of ether oxygens (including phenoxy) is 1. The summed E-state index contributed by atoms with van der Waals surface area (Å²) in [6.45, 7) is 3.42. The van der Waals surface area contributed by atoms with Crippen molar-refractivity contribution < 1.29 is 14.5 Å². The number of methoxy groups -OCH3 is 1. The minimum atomic E-state index is -0.583. The Morgan fingerprint density at radius 1 is 1.40 bits per heavy atom. The number of nitro benzene ring substituents is 1. The van der Waals surface area contributed by atoms with Gasteiger partial charge in [0.05, 0.1) is 23.3 Å². The summed E-state index contributed by atoms with van der Waals surface area (Å²) >= 11 is 1.11. The van der Waals surface area contributed by atoms with Crippen molar-refractivity contribution >= 4 is 34.9 Å². The van der Waals surface area contributed by atoms with Gasteiger partial charge in [-0.25, -0.2) is 9.97 Å². The smallest absolute Gasteiger partial charge is 0.296 e. The summed E-state index contributed by atoms with van der Waals surface area (Å²) in [5.41, 5.74) is 6.19. The van der Waals surface area contributed by atoms with Crippen molar-refractivity contribution in [2.24, 2.45) is 0 Å². The molecule has 1 aromatic carbocycles. The Balaban J connectivity index is 2.14. The number of benzene rings is 1. The fourth-order valence-corrected chi connectivity index (χ4v) is 2.80. The van der Waals surface area contributed by atoms with Crippen LogP contribution >= 0.6 is 11.8 Å². The molecule has 0 unspecified atom stereocenters. The zero-order valence-electron chi connectivity index (χ0n) is 13.8. The summed E-state index contributed by atoms with van der Waals surface area (Å²) < 4.78 is 4.96. The molecule has 1 heterocycles. The van der Waals surface area contributed by atoms with Gasteiger partial charge in [0.25, 0.3) is 5.69 Å². The second-order valence-corrected chi connectivity index (χ2v) is 6.41. The predicted octanol–water partition coefficient (Wildman–Crippen LogP) is 2.40. The number of rotatable bonds is 6. The SMILES string of the molecule is COc1ccc(NC(=O)[C@@H](C)Sc2nc(C)cc(N)n2)c([N+](=O)[O-])c1. The van der Waals surface area contributed by atoms with Gasteiger partial charge in [-0.05, 0) is 26.0 Å². The topological polar surface area (TPSA) is 133 Å². The van der Waals surface area contributed by atoms with E-state index in [2.05, 4.69) is 15.3 Å². The first-order valence-electron chi connectivity index (χ1n) is 7.21. The molecule has 0 bridgehead atoms. The largest absolute Gasteiger partial charge is 0.496 e. The molecule has 0 fully saturated rings. The maximum absolute atomic E-state index is 12.3. The third-order valence-electron chi connectivity index (χ3n) is 3.16. The Morgan fingerprint density at radius 3 is 2.72 bits per heavy atom. The standard InChI is InChI=1S/C15H17N5O4S/c1-8-6-13(16)19-15(17-8)25-9(2)14(21)18-11-5-4-10(24-3)7-12(11)20(22)23/h4-7,9H,1-3H3,(H,18,21)(H2,16,17,19)/t9-/m1/s1. The average Bonchev–Trinajstić information content (AvgIpc) is 2.53. The van der Waals surface area contributed by atoms with Gasteiger partial charge in [-0.1, -0.05) is 11.8 Å². The molecule has 10 heteroatoms. The van der Waals surface area contributed by atoms with E-state index in [9.17, 15) is 14.9 Å². The number of nitrogen functional groups attached to an aromatic ring is 1. The molecule has 0 radical (unpaired) electrons. The van der Waals surface area contributed by atoms with Gasteiger partial charge in [0.2, 0.25) is 5.91 Å². The van der Waals surface area contributed by atoms with Crippen LogP contribution < -0.4 is 15.8 Å². The monoisotopic (exact) mass is 363 g/mol. The molecule has 2 rings (SSSR count). The average molecular weight is 363 g/mol. The van der Waals surface area contributed by atoms with Gasteiger partial charge >= 0.3 is 0 Å². The first kappa shape index (κ1) is 18.5. The summed E-state index contributed by atoms with van der Waals surface area (Å²) in [6.07, 6.45) is 0. The summed E-state index contributed by atoms with van der Waals surface area (Å²) in [7, 11) is 1.41. The Hall–Kier alpha value is -2.88. The highest BCUT2D eigenvalue weighted by Crippen LogP contribution is 2.30. The minimum Gasteiger partial charge on any atom is -0.496 e. The number of nitrogens with two attached hydrogens (primary N) is 1. The third kappa shape index (κ3) is 4.80. The molecule has 132 valence electrons. The first-order valence-corrected chi connectivity index (χ1v) is 8.09. The Morgan fingerprint density at radius 2 is 2.12 bits per heavy atom. The van der Waals surface area contributed by atoms with Crippen LogP contribution in [0.3, 0.4) is 0 Å². The van der Waals surface area contributed by atoms with Crippen LogP contribution in [0.25, 0.3) is 0 Å². The molecule has 1 atom stereocenters. The normalized spacial score (nSPS) is 11.6. The highest BCUT2D eigenvalue weighted by atomic mass is 32.2. The number of thioether (sulfide) groups is 1. The molecular formula is C15H17N5O4S. The van der Waals surface area contributed by atoms with Gasteiger partial charge in [-0.3, -0.25) is 14.9 Å². The molecule has 25 heavy (non-hydrogen) atoms. The predicted molar refractivity (Wildman–Crippen MR) is 94.8 cm³/mol. The highest BCUT2D eigenvalue weighted by molar-refractivity contribution is 8.00. The van der Waals surface area contributed by atoms with Gasteiger partial charge in [0, 0.05) is 11.8 Å². The maximum Gasteiger partial charge on any atom is 0.296 e. The van der Waals surface area contributed by atoms with Crippen molar-refractivity contribution in [1.82, 2.24) is 9.97 Å². The van der Waals surface area contributed by atoms with Crippen LogP contribution in [0.15, 0.2) is 29.4 Å². The van der Waals surface area contributed by atoms with Gasteiger partial charge in [0.15, 0.2) is 5.16 Å². The number of carbonyl (C=O) groups is 1. The summed E-state index contributed by atoms with van der Waals surface area (Å²) in [4.78, 5) is 31.2. The van der Waals surface area contributed by atoms with Gasteiger partial charge < -0.3 is 15.8 Å². The molecule has 0 aliphatic carbocycles. The molecule has 9 nitrogen and oxygen atoms in total. The summed E-state index contributed by atoms with van der Waals surface area (Å²) in [6, 6.07) is 5.82. The first-order chi connectivity index (χ1) is 11.8. The molecule has 2 aromatic rings. The van der Waals surface area contributed by atoms with Crippen LogP contribution in [0.1, 0.15) is 12.6 Å². The lowest BCUT2D eigenvalue weighted by atomic mass is 10.2. The van der Waals surface area contributed by atoms with Crippen LogP contribution in [0, 0.1) is 17.0 Å². The molecule has 3 N–H and O–H groups in total. The number of carbonyl (C=O) groups excluding carboxylic acids is 1. The van der Waals surface area contributed by atoms with Crippen LogP contribution in [0.5, 0.6) is 5.75 Å². The van der Waals surface area contributed by atoms with Crippen LogP contribution in [-0.2, 0) is 4.79 Å². The van der Waals surface area contributed by atoms with Crippen molar-refractivity contribution in [1.29, 1.82) is 0 Å². The second-order valence-electron chi connectivity index (χ2n) is 5.11. The van der Waals surface area contributed by atoms with Crippen LogP contribution in [-0.4, -0.2) is 33.2 Å². The molecule has 1 aromatic heterocycles. The van der Waals surface area contributed by atoms with E-state index in [4.69, 9.17) is 10.5 Å². The summed E-state index contributed by atoms with van der Waals surface area (Å²) in [5, 5.41) is 13.5. The fraction of sp³-hybridized carbons (Fsp3) is 0.267. The second kappa shape index (κ2) is 7.79. The third-order valence-corrected chi connectivity index (χ3v) is 4.13. The van der Waals surface area contributed by atoms with Crippen LogP contribution in [0.4, 0.5) is 17.2 Å². The van der Waals surface area contributed by atoms with E-state index in [1.165, 1.54) is 25.3 Å². The molecule has 0 saturated heterocycles. The fourth-order valence-electron chi connectivity index (χ4n) is 1.96. The van der Waals surface area contributed by atoms with Gasteiger partial charge in [0.1, 0.15) is 17.3 Å². The zero-order valence-corrected chi connectivity index (χ0v) is 14.7. The lowest BCUT2D eigenvalue weighted by molar-refractivity contribution is -0.384. The molecule has 0 saturated carbocycles. The Kier molecular flexibility index (Phi) is 5.75. The van der Waals surface area contributed by atoms with E-state index in [-0.39, 0.29) is 11.4 Å². The van der Waals surface area contributed by atoms with Gasteiger partial charge in [-0.2, -0.15) is 0 Å². The van der Waals surface area contributed by atoms with E-state index in [1.54, 1.807) is 19.9 Å². The number of hydrogen-bond acceptors (Lipinski definition) is 8. The molecule has 1 amide bonds. The van der Waals surface area contributed by atoms with Crippen molar-refractivity contribution in [3.05, 3.63) is 40.1 Å². The highest BCUT2D eigenvalue weighted by Gasteiger charge is 2.21. The number of amides is 1. The minimum absolute atomic E-state index is 0.0907. The van der Waals surface area contributed by atoms with E-state index in [0.717, 1.165) is 11.8 Å². The zero-order chi connectivity index (χ0) is 18.6. The van der Waals surface area contributed by atoms with Crippen molar-refractivity contribution in [3.63, 3.8) is 0 Å². The van der Waals surface area contributed by atoms with E-state index >= 15 is 0 Å². The lowest BCUT2D eigenvalue weighted by Gasteiger charge is -2.12. The number of nitro groups is 1. The van der Waals surface area contributed by atoms with E-state index in [0.29, 0.717) is 22.4 Å². The number of aromatic nitrogens is 2. The molecular weight excluding hydrogens is 346 g/mol. The van der Waals surface area contributed by atoms with Crippen molar-refractivity contribution in [3.8, 4) is 5.75 Å². The Bertz CT molecular complexity index is 794. The maximum atomic E-state index is 12.3. The lowest BCUT2D eigenvalue weighted by Crippen LogP contribution is -2.23. The molecule has 0 spiro atoms.